The molecule has 0 radical (unpaired) electrons. The van der Waals surface area contributed by atoms with Crippen molar-refractivity contribution in [2.24, 2.45) is 0 Å². The lowest BCUT2D eigenvalue weighted by Crippen LogP contribution is -2.62. The van der Waals surface area contributed by atoms with Crippen LogP contribution in [0.5, 0.6) is 0 Å². The molecule has 5 rings (SSSR count). The molecule has 1 saturated heterocycles. The third kappa shape index (κ3) is 4.90. The van der Waals surface area contributed by atoms with Crippen molar-refractivity contribution in [1.82, 2.24) is 24.5 Å². The molecule has 0 bridgehead atoms. The lowest BCUT2D eigenvalue weighted by molar-refractivity contribution is 0.00893. The Balaban J connectivity index is 1.56. The zero-order chi connectivity index (χ0) is 29.0. The summed E-state index contributed by atoms with van der Waals surface area (Å²) in [6.07, 6.45) is 1.20. The number of piperazine rings is 1. The summed E-state index contributed by atoms with van der Waals surface area (Å²) < 4.78 is 7.17. The summed E-state index contributed by atoms with van der Waals surface area (Å²) in [6.45, 7) is 8.41. The van der Waals surface area contributed by atoms with Gasteiger partial charge in [-0.25, -0.2) is 14.5 Å². The standard InChI is InChI=1S/C26H31ClN10O3/c1-14(31-20-15(12-28)19(29)33-23(30)34-20)21-32-17-7-5-6-16(27)18(17)22(38)37(21)35-10-11-36(26(13-35)8-9-26)24(39)40-25(2,3)4/h5-7,14H,8-11,13H2,1-4H3,(H5,29,30,31,33,34). The Morgan fingerprint density at radius 3 is 2.60 bits per heavy atom. The Hall–Kier alpha value is -4.31. The highest BCUT2D eigenvalue weighted by Crippen LogP contribution is 2.44. The van der Waals surface area contributed by atoms with Crippen LogP contribution in [0, 0.1) is 11.3 Å². The second-order valence-electron chi connectivity index (χ2n) is 11.1. The highest BCUT2D eigenvalue weighted by molar-refractivity contribution is 6.35. The summed E-state index contributed by atoms with van der Waals surface area (Å²) in [6, 6.07) is 6.45. The summed E-state index contributed by atoms with van der Waals surface area (Å²) in [5, 5.41) is 15.2. The molecule has 13 nitrogen and oxygen atoms in total. The van der Waals surface area contributed by atoms with Crippen LogP contribution in [0.3, 0.4) is 0 Å². The van der Waals surface area contributed by atoms with Gasteiger partial charge in [-0.15, -0.1) is 0 Å². The number of rotatable bonds is 4. The van der Waals surface area contributed by atoms with E-state index in [0.29, 0.717) is 31.0 Å². The molecule has 14 heteroatoms. The number of benzene rings is 1. The number of halogens is 1. The summed E-state index contributed by atoms with van der Waals surface area (Å²) in [5.41, 5.74) is 10.7. The maximum absolute atomic E-state index is 14.0. The highest BCUT2D eigenvalue weighted by atomic mass is 35.5. The van der Waals surface area contributed by atoms with Crippen molar-refractivity contribution >= 4 is 46.2 Å². The smallest absolute Gasteiger partial charge is 0.410 e. The van der Waals surface area contributed by atoms with E-state index in [4.69, 9.17) is 32.8 Å². The van der Waals surface area contributed by atoms with Crippen LogP contribution in [-0.2, 0) is 4.74 Å². The molecule has 2 aromatic heterocycles. The second-order valence-corrected chi connectivity index (χ2v) is 11.5. The molecule has 1 aromatic carbocycles. The van der Waals surface area contributed by atoms with Gasteiger partial charge >= 0.3 is 6.09 Å². The number of ether oxygens (including phenoxy) is 1. The highest BCUT2D eigenvalue weighted by Gasteiger charge is 2.55. The van der Waals surface area contributed by atoms with Crippen LogP contribution >= 0.6 is 11.6 Å². The molecule has 1 atom stereocenters. The van der Waals surface area contributed by atoms with Crippen LogP contribution in [-0.4, -0.2) is 61.4 Å². The predicted molar refractivity (Wildman–Crippen MR) is 151 cm³/mol. The number of anilines is 3. The molecule has 2 aliphatic rings. The molecule has 3 heterocycles. The Labute approximate surface area is 235 Å². The third-order valence-corrected chi connectivity index (χ3v) is 7.33. The predicted octanol–water partition coefficient (Wildman–Crippen LogP) is 2.77. The summed E-state index contributed by atoms with van der Waals surface area (Å²) >= 11 is 6.47. The molecule has 5 N–H and O–H groups in total. The largest absolute Gasteiger partial charge is 0.444 e. The number of fused-ring (bicyclic) bond motifs is 1. The topological polar surface area (TPSA) is 181 Å². The number of nitrogens with zero attached hydrogens (tertiary/aromatic N) is 7. The van der Waals surface area contributed by atoms with E-state index in [1.165, 1.54) is 4.68 Å². The zero-order valence-electron chi connectivity index (χ0n) is 22.7. The molecule has 1 saturated carbocycles. The number of carbonyl (C=O) groups is 1. The number of hydrogen-bond acceptors (Lipinski definition) is 11. The molecule has 210 valence electrons. The van der Waals surface area contributed by atoms with Crippen LogP contribution < -0.4 is 27.4 Å². The Kier molecular flexibility index (Phi) is 6.62. The molecule has 1 unspecified atom stereocenters. The molecule has 3 aromatic rings. The van der Waals surface area contributed by atoms with Gasteiger partial charge in [0, 0.05) is 6.54 Å². The van der Waals surface area contributed by atoms with Crippen LogP contribution in [0.4, 0.5) is 22.4 Å². The number of carbonyl (C=O) groups excluding carboxylic acids is 1. The third-order valence-electron chi connectivity index (χ3n) is 7.01. The summed E-state index contributed by atoms with van der Waals surface area (Å²) in [5.74, 6) is 0.325. The van der Waals surface area contributed by atoms with E-state index < -0.39 is 17.2 Å². The zero-order valence-corrected chi connectivity index (χ0v) is 23.5. The minimum absolute atomic E-state index is 0.0293. The first-order chi connectivity index (χ1) is 18.8. The van der Waals surface area contributed by atoms with Gasteiger partial charge in [-0.3, -0.25) is 9.69 Å². The maximum Gasteiger partial charge on any atom is 0.410 e. The summed E-state index contributed by atoms with van der Waals surface area (Å²) in [4.78, 5) is 41.6. The molecule has 1 amide bonds. The Morgan fingerprint density at radius 2 is 1.95 bits per heavy atom. The quantitative estimate of drug-likeness (QED) is 0.422. The van der Waals surface area contributed by atoms with Crippen LogP contribution in [0.1, 0.15) is 58.0 Å². The maximum atomic E-state index is 14.0. The number of nitrogen functional groups attached to an aromatic ring is 2. The molecular weight excluding hydrogens is 536 g/mol. The van der Waals surface area contributed by atoms with Crippen molar-refractivity contribution in [3.05, 3.63) is 45.0 Å². The van der Waals surface area contributed by atoms with Gasteiger partial charge in [0.15, 0.2) is 11.6 Å². The molecule has 40 heavy (non-hydrogen) atoms. The van der Waals surface area contributed by atoms with Crippen LogP contribution in [0.2, 0.25) is 5.02 Å². The lowest BCUT2D eigenvalue weighted by atomic mass is 10.1. The fourth-order valence-electron chi connectivity index (χ4n) is 5.03. The van der Waals surface area contributed by atoms with Gasteiger partial charge in [-0.2, -0.15) is 15.2 Å². The molecular formula is C26H31ClN10O3. The number of nitrogens with two attached hydrogens (primary N) is 2. The number of amides is 1. The normalized spacial score (nSPS) is 17.0. The number of nitriles is 1. The first-order valence-electron chi connectivity index (χ1n) is 12.9. The van der Waals surface area contributed by atoms with Crippen molar-refractivity contribution in [2.45, 2.75) is 57.7 Å². The van der Waals surface area contributed by atoms with E-state index in [1.54, 1.807) is 30.0 Å². The van der Waals surface area contributed by atoms with Gasteiger partial charge in [-0.1, -0.05) is 17.7 Å². The van der Waals surface area contributed by atoms with Gasteiger partial charge in [0.25, 0.3) is 5.56 Å². The van der Waals surface area contributed by atoms with Gasteiger partial charge < -0.3 is 26.5 Å². The van der Waals surface area contributed by atoms with Crippen molar-refractivity contribution < 1.29 is 9.53 Å². The van der Waals surface area contributed by atoms with Gasteiger partial charge in [0.05, 0.1) is 40.6 Å². The van der Waals surface area contributed by atoms with Crippen molar-refractivity contribution in [3.63, 3.8) is 0 Å². The van der Waals surface area contributed by atoms with E-state index >= 15 is 0 Å². The Bertz CT molecular complexity index is 1610. The van der Waals surface area contributed by atoms with E-state index in [9.17, 15) is 14.9 Å². The van der Waals surface area contributed by atoms with E-state index in [2.05, 4.69) is 15.3 Å². The number of hydrogen-bond donors (Lipinski definition) is 3. The second kappa shape index (κ2) is 9.71. The first kappa shape index (κ1) is 27.3. The minimum Gasteiger partial charge on any atom is -0.444 e. The SMILES string of the molecule is CC(Nc1nc(N)nc(N)c1C#N)c1nc2cccc(Cl)c2c(=O)n1N1CCN(C(=O)OC(C)(C)C)C2(CC2)C1. The average molecular weight is 567 g/mol. The van der Waals surface area contributed by atoms with E-state index in [0.717, 1.165) is 12.8 Å². The van der Waals surface area contributed by atoms with Crippen molar-refractivity contribution in [3.8, 4) is 6.07 Å². The first-order valence-corrected chi connectivity index (χ1v) is 13.3. The molecule has 1 aliphatic carbocycles. The minimum atomic E-state index is -0.629. The van der Waals surface area contributed by atoms with Gasteiger partial charge in [0.2, 0.25) is 5.95 Å². The van der Waals surface area contributed by atoms with Gasteiger partial charge in [0.1, 0.15) is 23.1 Å². The fraction of sp³-hybridized carbons (Fsp3) is 0.462. The van der Waals surface area contributed by atoms with Gasteiger partial charge in [-0.05, 0) is 52.7 Å². The number of aromatic nitrogens is 4. The monoisotopic (exact) mass is 566 g/mol. The fourth-order valence-corrected chi connectivity index (χ4v) is 5.28. The lowest BCUT2D eigenvalue weighted by Gasteiger charge is -2.44. The van der Waals surface area contributed by atoms with E-state index in [-0.39, 0.29) is 45.2 Å². The molecule has 1 spiro atoms. The number of nitrogens with one attached hydrogen (secondary N) is 1. The van der Waals surface area contributed by atoms with Crippen LogP contribution in [0.25, 0.3) is 10.9 Å². The van der Waals surface area contributed by atoms with Crippen molar-refractivity contribution in [1.29, 1.82) is 5.26 Å². The van der Waals surface area contributed by atoms with E-state index in [1.807, 2.05) is 31.8 Å². The van der Waals surface area contributed by atoms with Crippen LogP contribution in [0.15, 0.2) is 23.0 Å². The Morgan fingerprint density at radius 1 is 1.23 bits per heavy atom. The molecule has 2 fully saturated rings. The molecule has 1 aliphatic heterocycles. The summed E-state index contributed by atoms with van der Waals surface area (Å²) in [7, 11) is 0. The average Bonchev–Trinajstić information content (AvgIpc) is 3.61. The van der Waals surface area contributed by atoms with Crippen molar-refractivity contribution in [2.75, 3.05) is 41.4 Å².